The van der Waals surface area contributed by atoms with Crippen molar-refractivity contribution in [1.29, 1.82) is 0 Å². The lowest BCUT2D eigenvalue weighted by Crippen LogP contribution is -2.19. The normalized spacial score (nSPS) is 10.7. The van der Waals surface area contributed by atoms with Crippen LogP contribution >= 0.6 is 11.8 Å². The third kappa shape index (κ3) is 3.42. The number of phenols is 1. The zero-order valence-electron chi connectivity index (χ0n) is 11.6. The maximum Gasteiger partial charge on any atom is 0.255 e. The highest BCUT2D eigenvalue weighted by atomic mass is 32.2. The largest absolute Gasteiger partial charge is 0.508 e. The molecule has 1 heterocycles. The maximum absolute atomic E-state index is 12.2. The van der Waals surface area contributed by atoms with Crippen molar-refractivity contribution < 1.29 is 5.11 Å². The van der Waals surface area contributed by atoms with Crippen LogP contribution < -0.4 is 5.56 Å². The van der Waals surface area contributed by atoms with E-state index in [2.05, 4.69) is 16.9 Å². The molecular formula is C15H18N2O2S. The highest BCUT2D eigenvalue weighted by Gasteiger charge is 2.11. The second-order valence-corrected chi connectivity index (χ2v) is 5.39. The molecule has 0 unspecified atom stereocenters. The van der Waals surface area contributed by atoms with Gasteiger partial charge in [-0.1, -0.05) is 37.2 Å². The van der Waals surface area contributed by atoms with Gasteiger partial charge in [0.2, 0.25) is 0 Å². The predicted molar refractivity (Wildman–Crippen MR) is 81.5 cm³/mol. The molecule has 20 heavy (non-hydrogen) atoms. The average molecular weight is 290 g/mol. The third-order valence-electron chi connectivity index (χ3n) is 3.05. The Morgan fingerprint density at radius 3 is 2.85 bits per heavy atom. The number of H-pyrrole nitrogens is 1. The Hall–Kier alpha value is -1.75. The monoisotopic (exact) mass is 290 g/mol. The summed E-state index contributed by atoms with van der Waals surface area (Å²) in [5, 5.41) is 10.2. The van der Waals surface area contributed by atoms with Crippen molar-refractivity contribution in [2.24, 2.45) is 0 Å². The number of aryl methyl sites for hydroxylation is 1. The molecule has 5 heteroatoms. The lowest BCUT2D eigenvalue weighted by molar-refractivity contribution is 0.474. The summed E-state index contributed by atoms with van der Waals surface area (Å²) in [6.07, 6.45) is 4.10. The Labute approximate surface area is 122 Å². The number of aromatic amines is 1. The zero-order chi connectivity index (χ0) is 14.5. The Kier molecular flexibility index (Phi) is 4.84. The molecule has 0 bridgehead atoms. The molecule has 0 saturated heterocycles. The van der Waals surface area contributed by atoms with Crippen molar-refractivity contribution in [3.05, 3.63) is 51.4 Å². The second-order valence-electron chi connectivity index (χ2n) is 4.60. The fraction of sp³-hybridized carbons (Fsp3) is 0.333. The van der Waals surface area contributed by atoms with Crippen molar-refractivity contribution in [3.63, 3.8) is 0 Å². The summed E-state index contributed by atoms with van der Waals surface area (Å²) < 4.78 is 0. The van der Waals surface area contributed by atoms with Gasteiger partial charge in [0, 0.05) is 12.0 Å². The van der Waals surface area contributed by atoms with Crippen LogP contribution in [-0.2, 0) is 12.8 Å². The lowest BCUT2D eigenvalue weighted by Gasteiger charge is -2.09. The van der Waals surface area contributed by atoms with E-state index in [-0.39, 0.29) is 11.3 Å². The molecule has 0 saturated carbocycles. The van der Waals surface area contributed by atoms with Crippen LogP contribution in [0.1, 0.15) is 30.2 Å². The minimum absolute atomic E-state index is 0.0869. The van der Waals surface area contributed by atoms with Gasteiger partial charge in [-0.2, -0.15) is 0 Å². The Balaban J connectivity index is 2.42. The summed E-state index contributed by atoms with van der Waals surface area (Å²) in [6, 6.07) is 6.98. The first-order valence-corrected chi connectivity index (χ1v) is 7.80. The Morgan fingerprint density at radius 2 is 2.20 bits per heavy atom. The predicted octanol–water partition coefficient (Wildman–Crippen LogP) is 2.74. The lowest BCUT2D eigenvalue weighted by atomic mass is 10.0. The van der Waals surface area contributed by atoms with Crippen molar-refractivity contribution in [2.75, 3.05) is 6.26 Å². The van der Waals surface area contributed by atoms with Gasteiger partial charge in [-0.05, 0) is 30.4 Å². The number of nitrogens with one attached hydrogen (secondary N) is 1. The molecule has 106 valence electrons. The van der Waals surface area contributed by atoms with Crippen LogP contribution in [0, 0.1) is 0 Å². The van der Waals surface area contributed by atoms with Gasteiger partial charge >= 0.3 is 0 Å². The number of thioether (sulfide) groups is 1. The molecule has 0 atom stereocenters. The van der Waals surface area contributed by atoms with Crippen LogP contribution in [-0.4, -0.2) is 21.3 Å². The zero-order valence-corrected chi connectivity index (χ0v) is 12.5. The minimum Gasteiger partial charge on any atom is -0.508 e. The summed E-state index contributed by atoms with van der Waals surface area (Å²) in [6.45, 7) is 2.07. The standard InChI is InChI=1S/C15H18N2O2S/c1-3-5-13-12(14(19)17-15(16-13)20-2)9-10-6-4-7-11(18)8-10/h4,6-8,18H,3,5,9H2,1-2H3,(H,16,17,19). The van der Waals surface area contributed by atoms with Gasteiger partial charge < -0.3 is 10.1 Å². The smallest absolute Gasteiger partial charge is 0.255 e. The number of hydrogen-bond acceptors (Lipinski definition) is 4. The molecule has 1 aromatic heterocycles. The van der Waals surface area contributed by atoms with E-state index in [4.69, 9.17) is 0 Å². The van der Waals surface area contributed by atoms with E-state index < -0.39 is 0 Å². The Morgan fingerprint density at radius 1 is 1.40 bits per heavy atom. The first kappa shape index (κ1) is 14.7. The van der Waals surface area contributed by atoms with Gasteiger partial charge in [-0.3, -0.25) is 4.79 Å². The number of rotatable bonds is 5. The second kappa shape index (κ2) is 6.61. The van der Waals surface area contributed by atoms with Gasteiger partial charge in [0.15, 0.2) is 5.16 Å². The fourth-order valence-corrected chi connectivity index (χ4v) is 2.51. The summed E-state index contributed by atoms with van der Waals surface area (Å²) in [7, 11) is 0. The van der Waals surface area contributed by atoms with E-state index in [0.717, 1.165) is 24.1 Å². The summed E-state index contributed by atoms with van der Waals surface area (Å²) in [5.41, 5.74) is 2.36. The molecule has 2 N–H and O–H groups in total. The number of nitrogens with zero attached hydrogens (tertiary/aromatic N) is 1. The highest BCUT2D eigenvalue weighted by molar-refractivity contribution is 7.98. The van der Waals surface area contributed by atoms with Crippen LogP contribution in [0.2, 0.25) is 0 Å². The molecule has 0 aliphatic carbocycles. The molecule has 1 aromatic carbocycles. The van der Waals surface area contributed by atoms with Gasteiger partial charge in [0.1, 0.15) is 5.75 Å². The van der Waals surface area contributed by atoms with Crippen LogP contribution in [0.3, 0.4) is 0 Å². The minimum atomic E-state index is -0.0869. The summed E-state index contributed by atoms with van der Waals surface area (Å²) >= 11 is 1.43. The SMILES string of the molecule is CCCc1nc(SC)[nH]c(=O)c1Cc1cccc(O)c1. The molecule has 0 spiro atoms. The number of aromatic hydroxyl groups is 1. The average Bonchev–Trinajstić information content (AvgIpc) is 2.42. The number of aromatic nitrogens is 2. The molecule has 4 nitrogen and oxygen atoms in total. The number of benzene rings is 1. The van der Waals surface area contributed by atoms with E-state index in [1.807, 2.05) is 12.3 Å². The first-order chi connectivity index (χ1) is 9.63. The van der Waals surface area contributed by atoms with E-state index in [9.17, 15) is 9.90 Å². The van der Waals surface area contributed by atoms with Crippen LogP contribution in [0.5, 0.6) is 5.75 Å². The molecule has 0 aliphatic rings. The molecule has 0 aliphatic heterocycles. The number of phenolic OH excluding ortho intramolecular Hbond substituents is 1. The molecule has 0 fully saturated rings. The number of hydrogen-bond donors (Lipinski definition) is 2. The fourth-order valence-electron chi connectivity index (χ4n) is 2.11. The maximum atomic E-state index is 12.2. The van der Waals surface area contributed by atoms with Gasteiger partial charge in [0.25, 0.3) is 5.56 Å². The van der Waals surface area contributed by atoms with Crippen molar-refractivity contribution in [3.8, 4) is 5.75 Å². The van der Waals surface area contributed by atoms with Crippen molar-refractivity contribution in [2.45, 2.75) is 31.3 Å². The van der Waals surface area contributed by atoms with Crippen LogP contribution in [0.15, 0.2) is 34.2 Å². The van der Waals surface area contributed by atoms with E-state index in [1.54, 1.807) is 18.2 Å². The van der Waals surface area contributed by atoms with Crippen molar-refractivity contribution in [1.82, 2.24) is 9.97 Å². The molecule has 2 aromatic rings. The van der Waals surface area contributed by atoms with Gasteiger partial charge in [-0.15, -0.1) is 0 Å². The molecule has 0 amide bonds. The van der Waals surface area contributed by atoms with Crippen LogP contribution in [0.4, 0.5) is 0 Å². The third-order valence-corrected chi connectivity index (χ3v) is 3.63. The quantitative estimate of drug-likeness (QED) is 0.656. The van der Waals surface area contributed by atoms with Crippen LogP contribution in [0.25, 0.3) is 0 Å². The van der Waals surface area contributed by atoms with E-state index in [0.29, 0.717) is 17.1 Å². The first-order valence-electron chi connectivity index (χ1n) is 6.58. The topological polar surface area (TPSA) is 66.0 Å². The molecule has 2 rings (SSSR count). The summed E-state index contributed by atoms with van der Waals surface area (Å²) in [4.78, 5) is 19.5. The molecular weight excluding hydrogens is 272 g/mol. The van der Waals surface area contributed by atoms with Gasteiger partial charge in [-0.25, -0.2) is 4.98 Å². The van der Waals surface area contributed by atoms with Gasteiger partial charge in [0.05, 0.1) is 5.69 Å². The van der Waals surface area contributed by atoms with Crippen molar-refractivity contribution >= 4 is 11.8 Å². The highest BCUT2D eigenvalue weighted by Crippen LogP contribution is 2.17. The molecule has 0 radical (unpaired) electrons. The van der Waals surface area contributed by atoms with E-state index in [1.165, 1.54) is 11.8 Å². The Bertz CT molecular complexity index is 653. The van der Waals surface area contributed by atoms with E-state index >= 15 is 0 Å². The summed E-state index contributed by atoms with van der Waals surface area (Å²) in [5.74, 6) is 0.213.